The molecule has 0 saturated heterocycles. The molecule has 2 aromatic carbocycles. The van der Waals surface area contributed by atoms with Gasteiger partial charge in [0.2, 0.25) is 21.8 Å². The molecule has 1 N–H and O–H groups in total. The highest BCUT2D eigenvalue weighted by atomic mass is 35.5. The van der Waals surface area contributed by atoms with Crippen molar-refractivity contribution in [1.82, 2.24) is 10.2 Å². The Kier molecular flexibility index (Phi) is 10.7. The van der Waals surface area contributed by atoms with E-state index >= 15 is 0 Å². The van der Waals surface area contributed by atoms with Crippen LogP contribution in [0.3, 0.4) is 0 Å². The number of rotatable bonds is 12. The molecule has 1 atom stereocenters. The molecule has 0 spiro atoms. The first-order chi connectivity index (χ1) is 17.6. The van der Waals surface area contributed by atoms with E-state index in [0.717, 1.165) is 37.5 Å². The van der Waals surface area contributed by atoms with Crippen molar-refractivity contribution in [3.05, 3.63) is 64.1 Å². The molecule has 10 heteroatoms. The molecule has 0 aliphatic heterocycles. The molecule has 37 heavy (non-hydrogen) atoms. The summed E-state index contributed by atoms with van der Waals surface area (Å²) in [6.07, 6.45) is 6.01. The Morgan fingerprint density at radius 2 is 1.78 bits per heavy atom. The molecule has 0 bridgehead atoms. The summed E-state index contributed by atoms with van der Waals surface area (Å²) in [5.74, 6) is -0.389. The molecular formula is C27H35Cl2N3O4S. The Balaban J connectivity index is 1.76. The minimum atomic E-state index is -3.59. The van der Waals surface area contributed by atoms with Crippen molar-refractivity contribution in [2.75, 3.05) is 17.1 Å². The van der Waals surface area contributed by atoms with E-state index < -0.39 is 16.1 Å². The van der Waals surface area contributed by atoms with E-state index in [1.807, 2.05) is 25.1 Å². The maximum Gasteiger partial charge on any atom is 0.243 e. The van der Waals surface area contributed by atoms with Crippen molar-refractivity contribution in [3.8, 4) is 0 Å². The Bertz CT molecular complexity index is 1190. The maximum atomic E-state index is 13.5. The highest BCUT2D eigenvalue weighted by Gasteiger charge is 2.31. The van der Waals surface area contributed by atoms with E-state index in [1.165, 1.54) is 4.31 Å². The standard InChI is InChI=1S/C27H35Cl2N3O4S/c1-3-25(27(34)30-22-12-5-6-13-22)31(19-20-10-4-7-15-24(20)29)26(33)16-9-17-32(37(2,35)36)23-14-8-11-21(28)18-23/h4,7-8,10-11,14-15,18,22,25H,3,5-6,9,12-13,16-17,19H2,1-2H3,(H,30,34)/t25-/m0/s1. The summed E-state index contributed by atoms with van der Waals surface area (Å²) < 4.78 is 26.2. The number of nitrogens with one attached hydrogen (secondary N) is 1. The van der Waals surface area contributed by atoms with Crippen LogP contribution < -0.4 is 9.62 Å². The first-order valence-electron chi connectivity index (χ1n) is 12.7. The lowest BCUT2D eigenvalue weighted by molar-refractivity contribution is -0.141. The van der Waals surface area contributed by atoms with Gasteiger partial charge in [0.15, 0.2) is 0 Å². The predicted octanol–water partition coefficient (Wildman–Crippen LogP) is 5.41. The molecule has 3 rings (SSSR count). The zero-order valence-electron chi connectivity index (χ0n) is 21.3. The molecule has 1 fully saturated rings. The van der Waals surface area contributed by atoms with Crippen LogP contribution in [0.2, 0.25) is 10.0 Å². The van der Waals surface area contributed by atoms with Gasteiger partial charge in [-0.15, -0.1) is 0 Å². The van der Waals surface area contributed by atoms with E-state index in [2.05, 4.69) is 5.32 Å². The average Bonchev–Trinajstić information content (AvgIpc) is 3.35. The minimum absolute atomic E-state index is 0.0737. The summed E-state index contributed by atoms with van der Waals surface area (Å²) in [6.45, 7) is 2.19. The minimum Gasteiger partial charge on any atom is -0.352 e. The molecule has 0 radical (unpaired) electrons. The fourth-order valence-electron chi connectivity index (χ4n) is 4.73. The number of hydrogen-bond acceptors (Lipinski definition) is 4. The smallest absolute Gasteiger partial charge is 0.243 e. The van der Waals surface area contributed by atoms with Crippen LogP contribution in [0, 0.1) is 0 Å². The number of nitrogens with zero attached hydrogens (tertiary/aromatic N) is 2. The normalized spacial score (nSPS) is 14.8. The summed E-state index contributed by atoms with van der Waals surface area (Å²) in [5.41, 5.74) is 1.19. The summed E-state index contributed by atoms with van der Waals surface area (Å²) in [4.78, 5) is 28.4. The van der Waals surface area contributed by atoms with Crippen LogP contribution in [0.15, 0.2) is 48.5 Å². The summed E-state index contributed by atoms with van der Waals surface area (Å²) in [6, 6.07) is 13.3. The molecule has 0 heterocycles. The highest BCUT2D eigenvalue weighted by Crippen LogP contribution is 2.24. The molecular weight excluding hydrogens is 533 g/mol. The zero-order valence-corrected chi connectivity index (χ0v) is 23.7. The lowest BCUT2D eigenvalue weighted by Gasteiger charge is -2.32. The van der Waals surface area contributed by atoms with Crippen molar-refractivity contribution in [2.45, 2.75) is 70.5 Å². The fourth-order valence-corrected chi connectivity index (χ4v) is 6.07. The van der Waals surface area contributed by atoms with E-state index in [1.54, 1.807) is 35.2 Å². The van der Waals surface area contributed by atoms with Gasteiger partial charge in [0.25, 0.3) is 0 Å². The monoisotopic (exact) mass is 567 g/mol. The van der Waals surface area contributed by atoms with Gasteiger partial charge in [-0.1, -0.05) is 67.2 Å². The van der Waals surface area contributed by atoms with Crippen LogP contribution in [0.4, 0.5) is 5.69 Å². The van der Waals surface area contributed by atoms with Gasteiger partial charge in [-0.25, -0.2) is 8.42 Å². The van der Waals surface area contributed by atoms with Crippen molar-refractivity contribution in [1.29, 1.82) is 0 Å². The second-order valence-corrected chi connectivity index (χ2v) is 12.2. The van der Waals surface area contributed by atoms with Crippen molar-refractivity contribution < 1.29 is 18.0 Å². The number of sulfonamides is 1. The molecule has 1 aliphatic rings. The Morgan fingerprint density at radius 1 is 1.08 bits per heavy atom. The van der Waals surface area contributed by atoms with Gasteiger partial charge in [0.05, 0.1) is 11.9 Å². The Labute approximate surface area is 230 Å². The van der Waals surface area contributed by atoms with Crippen LogP contribution in [0.1, 0.15) is 57.4 Å². The third-order valence-electron chi connectivity index (χ3n) is 6.63. The van der Waals surface area contributed by atoms with Gasteiger partial charge in [-0.05, 0) is 55.5 Å². The number of amides is 2. The van der Waals surface area contributed by atoms with Crippen LogP contribution in [0.5, 0.6) is 0 Å². The van der Waals surface area contributed by atoms with Crippen molar-refractivity contribution >= 4 is 50.7 Å². The van der Waals surface area contributed by atoms with E-state index in [4.69, 9.17) is 23.2 Å². The zero-order chi connectivity index (χ0) is 27.0. The Morgan fingerprint density at radius 3 is 2.41 bits per heavy atom. The third-order valence-corrected chi connectivity index (χ3v) is 8.43. The Hall–Kier alpha value is -2.29. The van der Waals surface area contributed by atoms with Crippen LogP contribution >= 0.6 is 23.2 Å². The molecule has 1 aliphatic carbocycles. The van der Waals surface area contributed by atoms with E-state index in [9.17, 15) is 18.0 Å². The fraction of sp³-hybridized carbons (Fsp3) is 0.481. The summed E-state index contributed by atoms with van der Waals surface area (Å²) in [7, 11) is -3.59. The van der Waals surface area contributed by atoms with Gasteiger partial charge >= 0.3 is 0 Å². The maximum absolute atomic E-state index is 13.5. The number of anilines is 1. The summed E-state index contributed by atoms with van der Waals surface area (Å²) in [5, 5.41) is 4.07. The van der Waals surface area contributed by atoms with Crippen LogP contribution in [-0.2, 0) is 26.2 Å². The largest absolute Gasteiger partial charge is 0.352 e. The molecule has 1 saturated carbocycles. The second kappa shape index (κ2) is 13.5. The van der Waals surface area contributed by atoms with Gasteiger partial charge < -0.3 is 10.2 Å². The van der Waals surface area contributed by atoms with Gasteiger partial charge in [0, 0.05) is 35.6 Å². The van der Waals surface area contributed by atoms with Crippen molar-refractivity contribution in [3.63, 3.8) is 0 Å². The average molecular weight is 569 g/mol. The second-order valence-electron chi connectivity index (χ2n) is 9.45. The molecule has 2 aromatic rings. The molecule has 0 aromatic heterocycles. The predicted molar refractivity (Wildman–Crippen MR) is 149 cm³/mol. The first kappa shape index (κ1) is 29.3. The lowest BCUT2D eigenvalue weighted by Crippen LogP contribution is -2.51. The van der Waals surface area contributed by atoms with E-state index in [0.29, 0.717) is 22.2 Å². The third kappa shape index (κ3) is 8.35. The SMILES string of the molecule is CC[C@@H](C(=O)NC1CCCC1)N(Cc1ccccc1Cl)C(=O)CCCN(c1cccc(Cl)c1)S(C)(=O)=O. The molecule has 7 nitrogen and oxygen atoms in total. The molecule has 202 valence electrons. The van der Waals surface area contributed by atoms with Gasteiger partial charge in [0.1, 0.15) is 6.04 Å². The van der Waals surface area contributed by atoms with E-state index in [-0.39, 0.29) is 43.8 Å². The van der Waals surface area contributed by atoms with Gasteiger partial charge in [-0.2, -0.15) is 0 Å². The topological polar surface area (TPSA) is 86.8 Å². The number of carbonyl (C=O) groups is 2. The lowest BCUT2D eigenvalue weighted by atomic mass is 10.1. The van der Waals surface area contributed by atoms with Gasteiger partial charge in [-0.3, -0.25) is 13.9 Å². The first-order valence-corrected chi connectivity index (χ1v) is 15.3. The highest BCUT2D eigenvalue weighted by molar-refractivity contribution is 7.92. The number of carbonyl (C=O) groups excluding carboxylic acids is 2. The van der Waals surface area contributed by atoms with Crippen molar-refractivity contribution in [2.24, 2.45) is 0 Å². The van der Waals surface area contributed by atoms with Crippen LogP contribution in [-0.4, -0.2) is 50.0 Å². The van der Waals surface area contributed by atoms with Crippen LogP contribution in [0.25, 0.3) is 0 Å². The number of halogens is 2. The molecule has 2 amide bonds. The quantitative estimate of drug-likeness (QED) is 0.371. The number of benzene rings is 2. The molecule has 0 unspecified atom stereocenters. The summed E-state index contributed by atoms with van der Waals surface area (Å²) >= 11 is 12.5. The number of hydrogen-bond donors (Lipinski definition) is 1.